The zero-order valence-corrected chi connectivity index (χ0v) is 11.1. The Hall–Kier alpha value is -2.14. The van der Waals surface area contributed by atoms with E-state index in [2.05, 4.69) is 9.84 Å². The standard InChI is InChI=1S/C8H8N4O5S2/c1-17-7(13)6-5(2-3-18-6)19(15,16)11-12-4-9-10-8(12)14/h2-4,11H,1H3,(H,10,14). The molecule has 2 N–H and O–H groups in total. The third-order valence-corrected chi connectivity index (χ3v) is 4.44. The van der Waals surface area contributed by atoms with Crippen LogP contribution >= 0.6 is 11.3 Å². The van der Waals surface area contributed by atoms with Gasteiger partial charge in [0, 0.05) is 0 Å². The van der Waals surface area contributed by atoms with Gasteiger partial charge in [0.05, 0.1) is 7.11 Å². The van der Waals surface area contributed by atoms with Crippen molar-refractivity contribution in [1.29, 1.82) is 0 Å². The summed E-state index contributed by atoms with van der Waals surface area (Å²) in [5.74, 6) is -0.769. The lowest BCUT2D eigenvalue weighted by molar-refractivity contribution is 0.0602. The number of carbonyl (C=O) groups excluding carboxylic acids is 1. The van der Waals surface area contributed by atoms with Crippen molar-refractivity contribution in [3.63, 3.8) is 0 Å². The highest BCUT2D eigenvalue weighted by atomic mass is 32.2. The summed E-state index contributed by atoms with van der Waals surface area (Å²) in [6, 6.07) is 1.24. The molecule has 0 amide bonds. The minimum Gasteiger partial charge on any atom is -0.465 e. The van der Waals surface area contributed by atoms with Gasteiger partial charge in [-0.05, 0) is 11.4 Å². The van der Waals surface area contributed by atoms with E-state index in [-0.39, 0.29) is 9.77 Å². The Morgan fingerprint density at radius 3 is 2.89 bits per heavy atom. The number of hydrogen-bond acceptors (Lipinski definition) is 7. The summed E-state index contributed by atoms with van der Waals surface area (Å²) in [4.78, 5) is 24.2. The first-order valence-electron chi connectivity index (χ1n) is 4.76. The molecule has 0 atom stereocenters. The zero-order chi connectivity index (χ0) is 14.0. The van der Waals surface area contributed by atoms with E-state index in [4.69, 9.17) is 0 Å². The molecule has 0 aromatic carbocycles. The van der Waals surface area contributed by atoms with Gasteiger partial charge < -0.3 is 4.74 Å². The predicted octanol–water partition coefficient (Wildman–Crippen LogP) is -0.648. The second-order valence-electron chi connectivity index (χ2n) is 3.23. The number of methoxy groups -OCH3 is 1. The van der Waals surface area contributed by atoms with Crippen LogP contribution in [0.15, 0.2) is 27.5 Å². The molecule has 0 aliphatic heterocycles. The lowest BCUT2D eigenvalue weighted by Gasteiger charge is -2.06. The molecule has 0 unspecified atom stereocenters. The van der Waals surface area contributed by atoms with Crippen LogP contribution in [0.5, 0.6) is 0 Å². The largest absolute Gasteiger partial charge is 0.465 e. The smallest absolute Gasteiger partial charge is 0.362 e. The second kappa shape index (κ2) is 4.85. The first-order chi connectivity index (χ1) is 8.95. The molecule has 0 fully saturated rings. The Morgan fingerprint density at radius 1 is 1.58 bits per heavy atom. The van der Waals surface area contributed by atoms with Crippen LogP contribution < -0.4 is 10.5 Å². The Bertz CT molecular complexity index is 756. The third kappa shape index (κ3) is 2.51. The van der Waals surface area contributed by atoms with Crippen molar-refractivity contribution in [3.8, 4) is 0 Å². The monoisotopic (exact) mass is 304 g/mol. The summed E-state index contributed by atoms with van der Waals surface area (Å²) in [5, 5.41) is 6.83. The van der Waals surface area contributed by atoms with Crippen LogP contribution in [0.25, 0.3) is 0 Å². The van der Waals surface area contributed by atoms with E-state index in [0.717, 1.165) is 24.8 Å². The molecule has 11 heteroatoms. The molecular weight excluding hydrogens is 296 g/mol. The van der Waals surface area contributed by atoms with Gasteiger partial charge in [-0.3, -0.25) is 0 Å². The number of rotatable bonds is 4. The number of sulfonamides is 1. The summed E-state index contributed by atoms with van der Waals surface area (Å²) >= 11 is 0.921. The number of nitrogens with one attached hydrogen (secondary N) is 2. The molecule has 2 heterocycles. The summed E-state index contributed by atoms with van der Waals surface area (Å²) < 4.78 is 29.2. The molecule has 2 aromatic rings. The topological polar surface area (TPSA) is 123 Å². The van der Waals surface area contributed by atoms with Crippen molar-refractivity contribution >= 4 is 27.3 Å². The van der Waals surface area contributed by atoms with E-state index in [1.807, 2.05) is 9.93 Å². The Balaban J connectivity index is 2.41. The summed E-state index contributed by atoms with van der Waals surface area (Å²) in [6.07, 6.45) is 0.962. The average molecular weight is 304 g/mol. The number of esters is 1. The highest BCUT2D eigenvalue weighted by molar-refractivity contribution is 7.92. The zero-order valence-electron chi connectivity index (χ0n) is 9.48. The van der Waals surface area contributed by atoms with Crippen LogP contribution in [-0.2, 0) is 14.8 Å². The second-order valence-corrected chi connectivity index (χ2v) is 5.78. The first-order valence-corrected chi connectivity index (χ1v) is 7.12. The molecule has 0 radical (unpaired) electrons. The van der Waals surface area contributed by atoms with Crippen molar-refractivity contribution in [2.75, 3.05) is 11.9 Å². The molecule has 19 heavy (non-hydrogen) atoms. The highest BCUT2D eigenvalue weighted by Gasteiger charge is 2.25. The van der Waals surface area contributed by atoms with Gasteiger partial charge in [-0.2, -0.15) is 18.2 Å². The van der Waals surface area contributed by atoms with Crippen molar-refractivity contribution in [2.24, 2.45) is 0 Å². The number of aromatic nitrogens is 3. The number of ether oxygens (including phenoxy) is 1. The van der Waals surface area contributed by atoms with Crippen LogP contribution in [0.3, 0.4) is 0 Å². The molecule has 102 valence electrons. The van der Waals surface area contributed by atoms with Crippen LogP contribution in [0.1, 0.15) is 9.67 Å². The number of nitrogens with zero attached hydrogens (tertiary/aromatic N) is 2. The molecule has 0 saturated carbocycles. The fraction of sp³-hybridized carbons (Fsp3) is 0.125. The minimum absolute atomic E-state index is 0.0773. The fourth-order valence-corrected chi connectivity index (χ4v) is 3.57. The lowest BCUT2D eigenvalue weighted by atomic mass is 10.5. The molecule has 2 rings (SSSR count). The highest BCUT2D eigenvalue weighted by Crippen LogP contribution is 2.22. The summed E-state index contributed by atoms with van der Waals surface area (Å²) in [5.41, 5.74) is -0.751. The van der Waals surface area contributed by atoms with Crippen molar-refractivity contribution in [1.82, 2.24) is 14.9 Å². The van der Waals surface area contributed by atoms with E-state index in [0.29, 0.717) is 4.68 Å². The molecule has 2 aromatic heterocycles. The summed E-state index contributed by atoms with van der Waals surface area (Å²) in [7, 11) is -2.94. The van der Waals surface area contributed by atoms with E-state index in [9.17, 15) is 18.0 Å². The van der Waals surface area contributed by atoms with Crippen molar-refractivity contribution < 1.29 is 17.9 Å². The summed E-state index contributed by atoms with van der Waals surface area (Å²) in [6.45, 7) is 0. The molecule has 0 aliphatic rings. The normalized spacial score (nSPS) is 11.2. The quantitative estimate of drug-likeness (QED) is 0.724. The van der Waals surface area contributed by atoms with Gasteiger partial charge in [0.15, 0.2) is 0 Å². The van der Waals surface area contributed by atoms with Gasteiger partial charge in [0.1, 0.15) is 16.1 Å². The van der Waals surface area contributed by atoms with Gasteiger partial charge in [-0.25, -0.2) is 19.5 Å². The van der Waals surface area contributed by atoms with Gasteiger partial charge in [-0.15, -0.1) is 11.3 Å². The molecule has 9 nitrogen and oxygen atoms in total. The maximum absolute atomic E-state index is 12.0. The number of carbonyl (C=O) groups is 1. The molecule has 0 saturated heterocycles. The van der Waals surface area contributed by atoms with Gasteiger partial charge in [0.25, 0.3) is 10.0 Å². The number of H-pyrrole nitrogens is 1. The predicted molar refractivity (Wildman–Crippen MR) is 65.1 cm³/mol. The molecular formula is C8H8N4O5S2. The van der Waals surface area contributed by atoms with E-state index >= 15 is 0 Å². The number of hydrogen-bond donors (Lipinski definition) is 2. The molecule has 0 aliphatic carbocycles. The van der Waals surface area contributed by atoms with Gasteiger partial charge >= 0.3 is 11.7 Å². The maximum atomic E-state index is 12.0. The molecule has 0 spiro atoms. The van der Waals surface area contributed by atoms with E-state index < -0.39 is 21.7 Å². The van der Waals surface area contributed by atoms with Crippen molar-refractivity contribution in [3.05, 3.63) is 33.1 Å². The van der Waals surface area contributed by atoms with Crippen LogP contribution in [-0.4, -0.2) is 36.4 Å². The third-order valence-electron chi connectivity index (χ3n) is 2.06. The first kappa shape index (κ1) is 13.3. The van der Waals surface area contributed by atoms with Crippen LogP contribution in [0.4, 0.5) is 0 Å². The maximum Gasteiger partial charge on any atom is 0.362 e. The van der Waals surface area contributed by atoms with Gasteiger partial charge in [-0.1, -0.05) is 0 Å². The Kier molecular flexibility index (Phi) is 3.40. The van der Waals surface area contributed by atoms with E-state index in [1.54, 1.807) is 0 Å². The Labute approximate surface area is 110 Å². The minimum atomic E-state index is -4.09. The van der Waals surface area contributed by atoms with Crippen LogP contribution in [0, 0.1) is 0 Å². The number of thiophene rings is 1. The SMILES string of the molecule is COC(=O)c1sccc1S(=O)(=O)Nn1cn[nH]c1=O. The van der Waals surface area contributed by atoms with Gasteiger partial charge in [0.2, 0.25) is 0 Å². The van der Waals surface area contributed by atoms with Crippen LogP contribution in [0.2, 0.25) is 0 Å². The number of aromatic amines is 1. The average Bonchev–Trinajstić information content (AvgIpc) is 2.98. The lowest BCUT2D eigenvalue weighted by Crippen LogP contribution is -2.31. The molecule has 0 bridgehead atoms. The van der Waals surface area contributed by atoms with Crippen molar-refractivity contribution in [2.45, 2.75) is 4.90 Å². The Morgan fingerprint density at radius 2 is 2.32 bits per heavy atom. The van der Waals surface area contributed by atoms with E-state index in [1.165, 1.54) is 11.4 Å². The fourth-order valence-electron chi connectivity index (χ4n) is 1.24.